The number of rotatable bonds is 4. The van der Waals surface area contributed by atoms with Crippen molar-refractivity contribution < 1.29 is 9.90 Å². The zero-order valence-electron chi connectivity index (χ0n) is 14.0. The van der Waals surface area contributed by atoms with Crippen LogP contribution in [0.3, 0.4) is 0 Å². The third-order valence-corrected chi connectivity index (χ3v) is 5.33. The first-order chi connectivity index (χ1) is 9.76. The molecule has 2 rings (SSSR count). The summed E-state index contributed by atoms with van der Waals surface area (Å²) in [5.74, 6) is 0.508. The van der Waals surface area contributed by atoms with E-state index in [1.807, 2.05) is 0 Å². The van der Waals surface area contributed by atoms with Gasteiger partial charge in [0.05, 0.1) is 11.5 Å². The van der Waals surface area contributed by atoms with Gasteiger partial charge in [-0.3, -0.25) is 4.79 Å². The van der Waals surface area contributed by atoms with Crippen LogP contribution in [0.4, 0.5) is 0 Å². The summed E-state index contributed by atoms with van der Waals surface area (Å²) in [5.41, 5.74) is 0.635. The molecule has 2 aliphatic carbocycles. The highest BCUT2D eigenvalue weighted by Crippen LogP contribution is 2.59. The molecule has 0 heterocycles. The molecule has 0 radical (unpaired) electrons. The Hall–Kier alpha value is -0.830. The van der Waals surface area contributed by atoms with E-state index in [1.54, 1.807) is 0 Å². The van der Waals surface area contributed by atoms with Gasteiger partial charge in [-0.2, -0.15) is 0 Å². The van der Waals surface area contributed by atoms with Crippen LogP contribution < -0.4 is 5.32 Å². The number of aliphatic hydroxyl groups is 1. The van der Waals surface area contributed by atoms with Gasteiger partial charge in [-0.05, 0) is 38.0 Å². The highest BCUT2D eigenvalue weighted by molar-refractivity contribution is 5.83. The quantitative estimate of drug-likeness (QED) is 0.616. The Morgan fingerprint density at radius 3 is 2.29 bits per heavy atom. The maximum Gasteiger partial charge on any atom is 0.224 e. The van der Waals surface area contributed by atoms with Gasteiger partial charge in [0.25, 0.3) is 0 Å². The molecular weight excluding hydrogens is 262 g/mol. The molecule has 0 unspecified atom stereocenters. The lowest BCUT2D eigenvalue weighted by molar-refractivity contribution is -0.124. The molecule has 0 aromatic heterocycles. The lowest BCUT2D eigenvalue weighted by atomic mass is 9.94. The minimum Gasteiger partial charge on any atom is -0.388 e. The lowest BCUT2D eigenvalue weighted by Gasteiger charge is -2.27. The predicted molar refractivity (Wildman–Crippen MR) is 85.9 cm³/mol. The first-order valence-corrected chi connectivity index (χ1v) is 8.41. The Bertz CT molecular complexity index is 413. The SMILES string of the molecule is CC(C)=C[C@@H]1[C@H](C(=O)NCC2(O)CCCCCC2)C1(C)C. The highest BCUT2D eigenvalue weighted by Gasteiger charge is 2.60. The molecule has 2 atom stereocenters. The molecular formula is C18H31NO2. The molecule has 0 saturated heterocycles. The van der Waals surface area contributed by atoms with Gasteiger partial charge >= 0.3 is 0 Å². The standard InChI is InChI=1S/C18H31NO2/c1-13(2)11-14-15(17(14,3)4)16(20)19-12-18(21)9-7-5-6-8-10-18/h11,14-15,21H,5-10,12H2,1-4H3,(H,19,20)/t14-,15-/m1/s1. The van der Waals surface area contributed by atoms with Crippen molar-refractivity contribution in [2.45, 2.75) is 71.8 Å². The van der Waals surface area contributed by atoms with Crippen LogP contribution in [0.5, 0.6) is 0 Å². The molecule has 0 aromatic rings. The fraction of sp³-hybridized carbons (Fsp3) is 0.833. The molecule has 3 nitrogen and oxygen atoms in total. The molecule has 2 aliphatic rings. The first-order valence-electron chi connectivity index (χ1n) is 8.41. The maximum absolute atomic E-state index is 12.4. The van der Waals surface area contributed by atoms with E-state index in [9.17, 15) is 9.90 Å². The molecule has 120 valence electrons. The van der Waals surface area contributed by atoms with Gasteiger partial charge in [0.15, 0.2) is 0 Å². The van der Waals surface area contributed by atoms with Crippen LogP contribution in [-0.2, 0) is 4.79 Å². The molecule has 3 heteroatoms. The fourth-order valence-electron chi connectivity index (χ4n) is 3.77. The number of carbonyl (C=O) groups excluding carboxylic acids is 1. The molecule has 0 aromatic carbocycles. The molecule has 2 fully saturated rings. The lowest BCUT2D eigenvalue weighted by Crippen LogP contribution is -2.43. The van der Waals surface area contributed by atoms with Gasteiger partial charge in [-0.1, -0.05) is 51.2 Å². The van der Waals surface area contributed by atoms with Gasteiger partial charge in [0.2, 0.25) is 5.91 Å². The predicted octanol–water partition coefficient (Wildman–Crippen LogP) is 3.43. The second-order valence-corrected chi connectivity index (χ2v) is 7.93. The van der Waals surface area contributed by atoms with Crippen molar-refractivity contribution in [2.75, 3.05) is 6.54 Å². The summed E-state index contributed by atoms with van der Waals surface area (Å²) in [7, 11) is 0. The van der Waals surface area contributed by atoms with Gasteiger partial charge in [-0.15, -0.1) is 0 Å². The molecule has 0 aliphatic heterocycles. The summed E-state index contributed by atoms with van der Waals surface area (Å²) >= 11 is 0. The Morgan fingerprint density at radius 1 is 1.19 bits per heavy atom. The molecule has 0 bridgehead atoms. The molecule has 21 heavy (non-hydrogen) atoms. The number of hydrogen-bond donors (Lipinski definition) is 2. The van der Waals surface area contributed by atoms with Crippen molar-refractivity contribution in [3.05, 3.63) is 11.6 Å². The van der Waals surface area contributed by atoms with E-state index >= 15 is 0 Å². The van der Waals surface area contributed by atoms with Gasteiger partial charge in [-0.25, -0.2) is 0 Å². The zero-order chi connectivity index (χ0) is 15.7. The van der Waals surface area contributed by atoms with Crippen molar-refractivity contribution in [1.82, 2.24) is 5.32 Å². The number of hydrogen-bond acceptors (Lipinski definition) is 2. The molecule has 0 spiro atoms. The average molecular weight is 293 g/mol. The Morgan fingerprint density at radius 2 is 1.76 bits per heavy atom. The van der Waals surface area contributed by atoms with Crippen molar-refractivity contribution in [3.8, 4) is 0 Å². The fourth-order valence-corrected chi connectivity index (χ4v) is 3.77. The van der Waals surface area contributed by atoms with Crippen LogP contribution >= 0.6 is 0 Å². The van der Waals surface area contributed by atoms with E-state index in [2.05, 4.69) is 39.1 Å². The minimum absolute atomic E-state index is 0.0490. The zero-order valence-corrected chi connectivity index (χ0v) is 14.0. The summed E-state index contributed by atoms with van der Waals surface area (Å²) in [4.78, 5) is 12.4. The van der Waals surface area contributed by atoms with E-state index < -0.39 is 5.60 Å². The first kappa shape index (κ1) is 16.5. The largest absolute Gasteiger partial charge is 0.388 e. The van der Waals surface area contributed by atoms with E-state index in [-0.39, 0.29) is 17.2 Å². The Balaban J connectivity index is 1.89. The van der Waals surface area contributed by atoms with Gasteiger partial charge in [0, 0.05) is 6.54 Å². The normalized spacial score (nSPS) is 30.1. The highest BCUT2D eigenvalue weighted by atomic mass is 16.3. The smallest absolute Gasteiger partial charge is 0.224 e. The number of nitrogens with one attached hydrogen (secondary N) is 1. The monoisotopic (exact) mass is 293 g/mol. The van der Waals surface area contributed by atoms with Crippen molar-refractivity contribution in [3.63, 3.8) is 0 Å². The summed E-state index contributed by atoms with van der Waals surface area (Å²) in [6.45, 7) is 8.89. The Kier molecular flexibility index (Phi) is 4.82. The molecule has 2 N–H and O–H groups in total. The van der Waals surface area contributed by atoms with E-state index in [0.29, 0.717) is 12.5 Å². The van der Waals surface area contributed by atoms with Crippen LogP contribution in [0.25, 0.3) is 0 Å². The van der Waals surface area contributed by atoms with Gasteiger partial charge in [0.1, 0.15) is 0 Å². The van der Waals surface area contributed by atoms with Crippen molar-refractivity contribution in [1.29, 1.82) is 0 Å². The van der Waals surface area contributed by atoms with Crippen molar-refractivity contribution in [2.24, 2.45) is 17.3 Å². The van der Waals surface area contributed by atoms with Crippen LogP contribution in [0.2, 0.25) is 0 Å². The maximum atomic E-state index is 12.4. The average Bonchev–Trinajstić information content (AvgIpc) is 2.99. The minimum atomic E-state index is -0.683. The summed E-state index contributed by atoms with van der Waals surface area (Å²) in [6.07, 6.45) is 8.40. The Labute approximate surface area is 129 Å². The van der Waals surface area contributed by atoms with E-state index in [4.69, 9.17) is 0 Å². The topological polar surface area (TPSA) is 49.3 Å². The van der Waals surface area contributed by atoms with Crippen LogP contribution in [0.15, 0.2) is 11.6 Å². The number of amides is 1. The summed E-state index contributed by atoms with van der Waals surface area (Å²) in [6, 6.07) is 0. The number of allylic oxidation sites excluding steroid dienone is 2. The van der Waals surface area contributed by atoms with Crippen LogP contribution in [0, 0.1) is 17.3 Å². The van der Waals surface area contributed by atoms with Crippen LogP contribution in [-0.4, -0.2) is 23.2 Å². The van der Waals surface area contributed by atoms with Crippen molar-refractivity contribution >= 4 is 5.91 Å². The molecule has 2 saturated carbocycles. The van der Waals surface area contributed by atoms with Gasteiger partial charge < -0.3 is 10.4 Å². The van der Waals surface area contributed by atoms with E-state index in [0.717, 1.165) is 25.7 Å². The van der Waals surface area contributed by atoms with Crippen LogP contribution in [0.1, 0.15) is 66.2 Å². The van der Waals surface area contributed by atoms with E-state index in [1.165, 1.54) is 18.4 Å². The molecule has 1 amide bonds. The third-order valence-electron chi connectivity index (χ3n) is 5.33. The third kappa shape index (κ3) is 3.88. The summed E-state index contributed by atoms with van der Waals surface area (Å²) in [5, 5.41) is 13.6. The number of carbonyl (C=O) groups is 1. The second-order valence-electron chi connectivity index (χ2n) is 7.93. The second kappa shape index (κ2) is 6.12. The summed E-state index contributed by atoms with van der Waals surface area (Å²) < 4.78 is 0.